The largest absolute Gasteiger partial charge is 0.324 e. The van der Waals surface area contributed by atoms with E-state index in [1.54, 1.807) is 0 Å². The molecule has 1 heterocycles. The molecule has 0 bridgehead atoms. The van der Waals surface area contributed by atoms with Crippen LogP contribution in [0.5, 0.6) is 0 Å². The number of anilines is 1. The Morgan fingerprint density at radius 3 is 2.04 bits per heavy atom. The second-order valence-electron chi connectivity index (χ2n) is 4.45. The summed E-state index contributed by atoms with van der Waals surface area (Å²) in [6.45, 7) is 16.0. The molecular weight excluding hydrogens is 308 g/mol. The van der Waals surface area contributed by atoms with Gasteiger partial charge in [0.05, 0.1) is 6.04 Å². The molecule has 3 nitrogen and oxygen atoms in total. The molecule has 1 atom stereocenters. The predicted molar refractivity (Wildman–Crippen MR) is 114 cm³/mol. The fourth-order valence-corrected chi connectivity index (χ4v) is 2.38. The normalized spacial score (nSPS) is 14.3. The Balaban J connectivity index is 0. The van der Waals surface area contributed by atoms with Gasteiger partial charge in [0.25, 0.3) is 0 Å². The lowest BCUT2D eigenvalue weighted by Crippen LogP contribution is -2.34. The smallest absolute Gasteiger partial charge is 0.241 e. The van der Waals surface area contributed by atoms with Crippen molar-refractivity contribution in [2.24, 2.45) is 5.73 Å². The molecule has 0 spiro atoms. The predicted octanol–water partition coefficient (Wildman–Crippen LogP) is 6.16. The summed E-state index contributed by atoms with van der Waals surface area (Å²) in [6, 6.07) is 11.8. The standard InChI is InChI=1S/C14H14N2O.4C2H6/c15-12-7-6-11-10-4-2-1-3-9(10)5-8-13(11)16-14(12)17;4*1-2/h1-5,8,12H,6-7,15H2,(H,16,17);4*1-2H3. The number of nitrogens with one attached hydrogen (secondary N) is 1. The van der Waals surface area contributed by atoms with E-state index in [0.29, 0.717) is 6.42 Å². The lowest BCUT2D eigenvalue weighted by molar-refractivity contribution is -0.117. The molecular formula is C22H38N2O. The first-order valence-electron chi connectivity index (χ1n) is 9.83. The van der Waals surface area contributed by atoms with E-state index in [-0.39, 0.29) is 5.91 Å². The van der Waals surface area contributed by atoms with Crippen molar-refractivity contribution in [2.75, 3.05) is 5.32 Å². The number of amides is 1. The number of rotatable bonds is 0. The maximum atomic E-state index is 11.7. The molecule has 0 aliphatic carbocycles. The summed E-state index contributed by atoms with van der Waals surface area (Å²) < 4.78 is 0. The highest BCUT2D eigenvalue weighted by Gasteiger charge is 2.20. The van der Waals surface area contributed by atoms with Crippen LogP contribution >= 0.6 is 0 Å². The Hall–Kier alpha value is -1.87. The zero-order chi connectivity index (χ0) is 19.8. The lowest BCUT2D eigenvalue weighted by Gasteiger charge is -2.10. The van der Waals surface area contributed by atoms with Crippen molar-refractivity contribution < 1.29 is 4.79 Å². The van der Waals surface area contributed by atoms with E-state index in [1.165, 1.54) is 16.3 Å². The van der Waals surface area contributed by atoms with Crippen LogP contribution in [0.4, 0.5) is 5.69 Å². The number of nitrogens with two attached hydrogens (primary N) is 1. The molecule has 1 amide bonds. The maximum absolute atomic E-state index is 11.7. The van der Waals surface area contributed by atoms with Gasteiger partial charge >= 0.3 is 0 Å². The third-order valence-electron chi connectivity index (χ3n) is 3.34. The van der Waals surface area contributed by atoms with E-state index < -0.39 is 6.04 Å². The quantitative estimate of drug-likeness (QED) is 0.600. The number of benzene rings is 2. The van der Waals surface area contributed by atoms with Crippen LogP contribution < -0.4 is 11.1 Å². The van der Waals surface area contributed by atoms with Crippen LogP contribution in [-0.2, 0) is 11.2 Å². The first kappa shape index (κ1) is 25.4. The first-order chi connectivity index (χ1) is 12.3. The summed E-state index contributed by atoms with van der Waals surface area (Å²) in [4.78, 5) is 11.7. The van der Waals surface area contributed by atoms with Crippen molar-refractivity contribution in [3.8, 4) is 0 Å². The Labute approximate surface area is 155 Å². The van der Waals surface area contributed by atoms with Crippen LogP contribution in [0.3, 0.4) is 0 Å². The molecule has 3 N–H and O–H groups in total. The zero-order valence-electron chi connectivity index (χ0n) is 17.4. The number of carbonyl (C=O) groups is 1. The van der Waals surface area contributed by atoms with Crippen LogP contribution in [0.15, 0.2) is 36.4 Å². The highest BCUT2D eigenvalue weighted by molar-refractivity contribution is 6.00. The molecule has 0 fully saturated rings. The molecule has 3 rings (SSSR count). The average molecular weight is 347 g/mol. The Morgan fingerprint density at radius 1 is 0.880 bits per heavy atom. The lowest BCUT2D eigenvalue weighted by atomic mass is 9.99. The van der Waals surface area contributed by atoms with Crippen LogP contribution in [0.2, 0.25) is 0 Å². The molecule has 0 saturated carbocycles. The van der Waals surface area contributed by atoms with Crippen LogP contribution in [0.25, 0.3) is 10.8 Å². The van der Waals surface area contributed by atoms with Gasteiger partial charge in [-0.3, -0.25) is 4.79 Å². The summed E-state index contributed by atoms with van der Waals surface area (Å²) in [5, 5.41) is 5.31. The minimum atomic E-state index is -0.402. The highest BCUT2D eigenvalue weighted by Crippen LogP contribution is 2.29. The summed E-state index contributed by atoms with van der Waals surface area (Å²) >= 11 is 0. The van der Waals surface area contributed by atoms with Gasteiger partial charge in [-0.15, -0.1) is 0 Å². The van der Waals surface area contributed by atoms with E-state index in [4.69, 9.17) is 5.73 Å². The first-order valence-corrected chi connectivity index (χ1v) is 9.83. The number of aryl methyl sites for hydroxylation is 1. The molecule has 0 saturated heterocycles. The van der Waals surface area contributed by atoms with Gasteiger partial charge in [-0.2, -0.15) is 0 Å². The summed E-state index contributed by atoms with van der Waals surface area (Å²) in [5.74, 6) is -0.0842. The van der Waals surface area contributed by atoms with E-state index >= 15 is 0 Å². The Kier molecular flexibility index (Phi) is 15.9. The second-order valence-corrected chi connectivity index (χ2v) is 4.45. The van der Waals surface area contributed by atoms with Gasteiger partial charge in [-0.25, -0.2) is 0 Å². The van der Waals surface area contributed by atoms with Crippen molar-refractivity contribution in [1.29, 1.82) is 0 Å². The zero-order valence-corrected chi connectivity index (χ0v) is 17.4. The van der Waals surface area contributed by atoms with E-state index in [1.807, 2.05) is 79.7 Å². The summed E-state index contributed by atoms with van der Waals surface area (Å²) in [6.07, 6.45) is 1.55. The van der Waals surface area contributed by atoms with Crippen LogP contribution in [-0.4, -0.2) is 11.9 Å². The molecule has 0 aromatic heterocycles. The van der Waals surface area contributed by atoms with Crippen molar-refractivity contribution in [1.82, 2.24) is 0 Å². The van der Waals surface area contributed by atoms with Gasteiger partial charge in [0.15, 0.2) is 0 Å². The Morgan fingerprint density at radius 2 is 1.44 bits per heavy atom. The van der Waals surface area contributed by atoms with Crippen molar-refractivity contribution in [2.45, 2.75) is 74.3 Å². The van der Waals surface area contributed by atoms with Gasteiger partial charge in [-0.05, 0) is 35.2 Å². The maximum Gasteiger partial charge on any atom is 0.241 e. The Bertz CT molecular complexity index is 594. The second kappa shape index (κ2) is 15.6. The minimum Gasteiger partial charge on any atom is -0.324 e. The fourth-order valence-electron chi connectivity index (χ4n) is 2.38. The fraction of sp³-hybridized carbons (Fsp3) is 0.500. The molecule has 2 aromatic rings. The van der Waals surface area contributed by atoms with Gasteiger partial charge in [0.2, 0.25) is 5.91 Å². The van der Waals surface area contributed by atoms with Crippen molar-refractivity contribution >= 4 is 22.4 Å². The SMILES string of the molecule is CC.CC.CC.CC.NC1CCc2c(ccc3ccccc23)NC1=O. The van der Waals surface area contributed by atoms with E-state index in [0.717, 1.165) is 12.1 Å². The molecule has 1 aliphatic rings. The molecule has 2 aromatic carbocycles. The minimum absolute atomic E-state index is 0.0842. The third-order valence-corrected chi connectivity index (χ3v) is 3.34. The van der Waals surface area contributed by atoms with Gasteiger partial charge < -0.3 is 11.1 Å². The highest BCUT2D eigenvalue weighted by atomic mass is 16.2. The summed E-state index contributed by atoms with van der Waals surface area (Å²) in [7, 11) is 0. The topological polar surface area (TPSA) is 55.1 Å². The number of hydrogen-bond acceptors (Lipinski definition) is 2. The van der Waals surface area contributed by atoms with Gasteiger partial charge in [-0.1, -0.05) is 85.7 Å². The van der Waals surface area contributed by atoms with Crippen LogP contribution in [0, 0.1) is 0 Å². The van der Waals surface area contributed by atoms with E-state index in [9.17, 15) is 4.79 Å². The van der Waals surface area contributed by atoms with Crippen LogP contribution in [0.1, 0.15) is 67.4 Å². The molecule has 142 valence electrons. The summed E-state index contributed by atoms with van der Waals surface area (Å²) in [5.41, 5.74) is 7.89. The molecule has 0 radical (unpaired) electrons. The van der Waals surface area contributed by atoms with E-state index in [2.05, 4.69) is 17.4 Å². The molecule has 1 aliphatic heterocycles. The van der Waals surface area contributed by atoms with Crippen molar-refractivity contribution in [3.63, 3.8) is 0 Å². The van der Waals surface area contributed by atoms with Gasteiger partial charge in [0, 0.05) is 5.69 Å². The molecule has 1 unspecified atom stereocenters. The van der Waals surface area contributed by atoms with Gasteiger partial charge in [0.1, 0.15) is 0 Å². The third kappa shape index (κ3) is 7.27. The molecule has 3 heteroatoms. The number of carbonyl (C=O) groups excluding carboxylic acids is 1. The van der Waals surface area contributed by atoms with Crippen molar-refractivity contribution in [3.05, 3.63) is 42.0 Å². The number of hydrogen-bond donors (Lipinski definition) is 2. The monoisotopic (exact) mass is 346 g/mol. The molecule has 25 heavy (non-hydrogen) atoms. The average Bonchev–Trinajstić information content (AvgIpc) is 2.87. The number of fused-ring (bicyclic) bond motifs is 3.